The first-order chi connectivity index (χ1) is 15.7. The second-order valence-corrected chi connectivity index (χ2v) is 8.23. The van der Waals surface area contributed by atoms with E-state index in [1.54, 1.807) is 24.3 Å². The zero-order valence-corrected chi connectivity index (χ0v) is 21.5. The number of rotatable bonds is 11. The molecule has 0 saturated carbocycles. The van der Waals surface area contributed by atoms with Gasteiger partial charge in [0.05, 0.1) is 12.6 Å². The summed E-state index contributed by atoms with van der Waals surface area (Å²) in [5.74, 6) is -1.61. The molecule has 2 atom stereocenters. The number of amides is 3. The van der Waals surface area contributed by atoms with E-state index in [-0.39, 0.29) is 18.7 Å². The zero-order chi connectivity index (χ0) is 25.6. The summed E-state index contributed by atoms with van der Waals surface area (Å²) in [5.41, 5.74) is 6.26. The predicted octanol–water partition coefficient (Wildman–Crippen LogP) is 1.07. The number of carbonyl (C=O) groups is 4. The van der Waals surface area contributed by atoms with Crippen LogP contribution in [0.1, 0.15) is 32.8 Å². The van der Waals surface area contributed by atoms with Crippen LogP contribution >= 0.6 is 24.4 Å². The van der Waals surface area contributed by atoms with Gasteiger partial charge in [-0.05, 0) is 17.6 Å². The van der Waals surface area contributed by atoms with Crippen LogP contribution in [-0.2, 0) is 25.6 Å². The molecule has 1 aromatic rings. The van der Waals surface area contributed by atoms with Gasteiger partial charge in [0.25, 0.3) is 0 Å². The number of thiol groups is 1. The highest BCUT2D eigenvalue weighted by atomic mass is 32.2. The maximum atomic E-state index is 12.2. The minimum absolute atomic E-state index is 0.127. The molecule has 0 aliphatic rings. The molecule has 1 rings (SSSR count). The van der Waals surface area contributed by atoms with Crippen molar-refractivity contribution in [2.75, 3.05) is 30.9 Å². The maximum absolute atomic E-state index is 12.2. The van der Waals surface area contributed by atoms with Crippen molar-refractivity contribution in [3.05, 3.63) is 35.9 Å². The zero-order valence-electron chi connectivity index (χ0n) is 19.8. The van der Waals surface area contributed by atoms with E-state index in [2.05, 4.69) is 55.6 Å². The molecule has 188 valence electrons. The fourth-order valence-electron chi connectivity index (χ4n) is 1.97. The fourth-order valence-corrected chi connectivity index (χ4v) is 2.14. The molecule has 33 heavy (non-hydrogen) atoms. The highest BCUT2D eigenvalue weighted by molar-refractivity contribution is 7.98. The molecule has 0 aliphatic carbocycles. The Morgan fingerprint density at radius 3 is 2.00 bits per heavy atom. The molecule has 0 saturated heterocycles. The maximum Gasteiger partial charge on any atom is 0.322 e. The van der Waals surface area contributed by atoms with Gasteiger partial charge in [-0.15, -0.1) is 0 Å². The Balaban J connectivity index is 0. The number of hydrogen-bond acceptors (Lipinski definition) is 7. The lowest BCUT2D eigenvalue weighted by Crippen LogP contribution is -2.52. The molecule has 0 bridgehead atoms. The van der Waals surface area contributed by atoms with Crippen molar-refractivity contribution in [2.45, 2.75) is 45.7 Å². The van der Waals surface area contributed by atoms with E-state index in [4.69, 9.17) is 10.8 Å². The number of aliphatic carboxylic acids is 1. The Morgan fingerprint density at radius 2 is 1.55 bits per heavy atom. The van der Waals surface area contributed by atoms with E-state index in [0.717, 1.165) is 5.56 Å². The number of thioether (sulfide) groups is 1. The summed E-state index contributed by atoms with van der Waals surface area (Å²) in [7, 11) is 0. The smallest absolute Gasteiger partial charge is 0.322 e. The van der Waals surface area contributed by atoms with Gasteiger partial charge in [-0.3, -0.25) is 19.2 Å². The first-order valence-electron chi connectivity index (χ1n) is 10.6. The number of carboxylic acids is 1. The molecule has 0 aromatic heterocycles. The minimum Gasteiger partial charge on any atom is -0.480 e. The molecule has 1 aromatic carbocycles. The van der Waals surface area contributed by atoms with Gasteiger partial charge in [0.1, 0.15) is 12.6 Å². The predicted molar refractivity (Wildman–Crippen MR) is 138 cm³/mol. The Hall–Kier alpha value is -2.24. The van der Waals surface area contributed by atoms with Crippen LogP contribution in [0.5, 0.6) is 0 Å². The van der Waals surface area contributed by atoms with Gasteiger partial charge in [0.2, 0.25) is 17.7 Å². The fraction of sp³-hybridized carbons (Fsp3) is 0.545. The molecule has 2 unspecified atom stereocenters. The monoisotopic (exact) mass is 502 g/mol. The Bertz CT molecular complexity index is 691. The normalized spacial score (nSPS) is 11.3. The van der Waals surface area contributed by atoms with Crippen molar-refractivity contribution in [1.82, 2.24) is 16.0 Å². The van der Waals surface area contributed by atoms with E-state index in [1.165, 1.54) is 12.2 Å². The van der Waals surface area contributed by atoms with E-state index < -0.39 is 42.3 Å². The molecule has 0 heterocycles. The van der Waals surface area contributed by atoms with Crippen molar-refractivity contribution in [3.63, 3.8) is 0 Å². The molecule has 11 heteroatoms. The number of hydrogen-bond donors (Lipinski definition) is 6. The molecular formula is C22H38N4O5S2. The van der Waals surface area contributed by atoms with Crippen molar-refractivity contribution >= 4 is 48.1 Å². The van der Waals surface area contributed by atoms with Crippen molar-refractivity contribution < 1.29 is 24.3 Å². The molecule has 0 aliphatic heterocycles. The van der Waals surface area contributed by atoms with Gasteiger partial charge >= 0.3 is 5.97 Å². The van der Waals surface area contributed by atoms with Crippen LogP contribution in [0.15, 0.2) is 30.3 Å². The standard InChI is InChI=1S/C16H22N4O5S.C3H8S.C3H8/c17-11(9-26)15(24)18-7-13(21)20-12(16(25)19-8-14(22)23)6-10-4-2-1-3-5-10;1-3-4-2;1-3-2/h1-5,11-12,26H,6-9,17H2,(H,18,24)(H,19,25)(H,20,21)(H,22,23);3H2,1-2H3;3H2,1-2H3. The first kappa shape index (κ1) is 32.9. The van der Waals surface area contributed by atoms with E-state index in [1.807, 2.05) is 17.8 Å². The summed E-state index contributed by atoms with van der Waals surface area (Å²) in [6.07, 6.45) is 3.52. The van der Waals surface area contributed by atoms with Gasteiger partial charge < -0.3 is 26.8 Å². The largest absolute Gasteiger partial charge is 0.480 e. The van der Waals surface area contributed by atoms with Crippen LogP contribution in [0.3, 0.4) is 0 Å². The Labute approximate surface area is 206 Å². The van der Waals surface area contributed by atoms with Crippen LogP contribution < -0.4 is 21.7 Å². The lowest BCUT2D eigenvalue weighted by atomic mass is 10.1. The lowest BCUT2D eigenvalue weighted by molar-refractivity contribution is -0.138. The van der Waals surface area contributed by atoms with E-state index in [9.17, 15) is 19.2 Å². The average molecular weight is 503 g/mol. The molecule has 0 fully saturated rings. The van der Waals surface area contributed by atoms with Crippen LogP contribution in [0.4, 0.5) is 0 Å². The summed E-state index contributed by atoms with van der Waals surface area (Å²) >= 11 is 5.75. The van der Waals surface area contributed by atoms with Crippen LogP contribution in [-0.4, -0.2) is 71.7 Å². The summed E-state index contributed by atoms with van der Waals surface area (Å²) in [5, 5.41) is 15.7. The van der Waals surface area contributed by atoms with Crippen LogP contribution in [0.2, 0.25) is 0 Å². The lowest BCUT2D eigenvalue weighted by Gasteiger charge is -2.18. The van der Waals surface area contributed by atoms with Crippen molar-refractivity contribution in [1.29, 1.82) is 0 Å². The Kier molecular flexibility index (Phi) is 21.6. The van der Waals surface area contributed by atoms with Gasteiger partial charge in [-0.2, -0.15) is 24.4 Å². The third kappa shape index (κ3) is 19.0. The molecule has 0 radical (unpaired) electrons. The first-order valence-corrected chi connectivity index (χ1v) is 12.6. The van der Waals surface area contributed by atoms with Gasteiger partial charge in [-0.1, -0.05) is 57.5 Å². The molecule has 0 spiro atoms. The minimum atomic E-state index is -1.20. The van der Waals surface area contributed by atoms with Gasteiger partial charge in [0.15, 0.2) is 0 Å². The topological polar surface area (TPSA) is 151 Å². The number of benzene rings is 1. The van der Waals surface area contributed by atoms with Gasteiger partial charge in [-0.25, -0.2) is 0 Å². The summed E-state index contributed by atoms with van der Waals surface area (Å²) in [4.78, 5) is 46.4. The number of carboxylic acid groups (broad SMARTS) is 1. The summed E-state index contributed by atoms with van der Waals surface area (Å²) in [6, 6.07) is 7.09. The third-order valence-electron chi connectivity index (χ3n) is 3.59. The average Bonchev–Trinajstić information content (AvgIpc) is 2.81. The van der Waals surface area contributed by atoms with Crippen LogP contribution in [0, 0.1) is 0 Å². The third-order valence-corrected chi connectivity index (χ3v) is 4.56. The van der Waals surface area contributed by atoms with Crippen molar-refractivity contribution in [3.8, 4) is 0 Å². The van der Waals surface area contributed by atoms with E-state index >= 15 is 0 Å². The quantitative estimate of drug-likeness (QED) is 0.248. The summed E-state index contributed by atoms with van der Waals surface area (Å²) in [6.45, 7) is 5.47. The summed E-state index contributed by atoms with van der Waals surface area (Å²) < 4.78 is 0. The second kappa shape index (κ2) is 21.6. The SMILES string of the molecule is CCC.CCSC.NC(CS)C(=O)NCC(=O)NC(Cc1ccccc1)C(=O)NCC(=O)O. The van der Waals surface area contributed by atoms with E-state index in [0.29, 0.717) is 0 Å². The molecule has 6 N–H and O–H groups in total. The second-order valence-electron chi connectivity index (χ2n) is 6.71. The highest BCUT2D eigenvalue weighted by Gasteiger charge is 2.22. The van der Waals surface area contributed by atoms with Gasteiger partial charge in [0, 0.05) is 12.2 Å². The van der Waals surface area contributed by atoms with Crippen LogP contribution in [0.25, 0.3) is 0 Å². The Morgan fingerprint density at radius 1 is 1.03 bits per heavy atom. The molecular weight excluding hydrogens is 464 g/mol. The number of nitrogens with two attached hydrogens (primary N) is 1. The number of carbonyl (C=O) groups excluding carboxylic acids is 3. The van der Waals surface area contributed by atoms with Crippen molar-refractivity contribution in [2.24, 2.45) is 5.73 Å². The highest BCUT2D eigenvalue weighted by Crippen LogP contribution is 2.03. The number of nitrogens with one attached hydrogen (secondary N) is 3. The molecule has 3 amide bonds. The molecule has 9 nitrogen and oxygen atoms in total.